The maximum atomic E-state index is 8.84. The predicted octanol–water partition coefficient (Wildman–Crippen LogP) is 1.72. The molecule has 0 saturated carbocycles. The van der Waals surface area contributed by atoms with Gasteiger partial charge in [0.05, 0.1) is 12.6 Å². The number of nitrogens with two attached hydrogens (primary N) is 1. The number of aliphatic hydroxyl groups excluding tert-OH is 1. The number of aliphatic hydroxyl groups is 1. The van der Waals surface area contributed by atoms with E-state index in [-0.39, 0.29) is 25.1 Å². The Morgan fingerprint density at radius 2 is 1.69 bits per heavy atom. The van der Waals surface area contributed by atoms with Crippen molar-refractivity contribution in [2.45, 2.75) is 19.9 Å². The van der Waals surface area contributed by atoms with Crippen molar-refractivity contribution in [1.29, 1.82) is 0 Å². The molecule has 0 aliphatic heterocycles. The highest BCUT2D eigenvalue weighted by Gasteiger charge is 2.04. The Balaban J connectivity index is 0.00000144. The van der Waals surface area contributed by atoms with Crippen molar-refractivity contribution in [3.63, 3.8) is 0 Å². The summed E-state index contributed by atoms with van der Waals surface area (Å²) in [7, 11) is 0. The minimum Gasteiger partial charge on any atom is -0.394 e. The molecule has 0 aliphatic carbocycles. The summed E-state index contributed by atoms with van der Waals surface area (Å²) in [4.78, 5) is 0. The van der Waals surface area contributed by atoms with E-state index in [1.165, 1.54) is 11.1 Å². The molecule has 1 atom stereocenters. The molecule has 1 aromatic carbocycles. The first-order valence-electron chi connectivity index (χ1n) is 4.08. The van der Waals surface area contributed by atoms with E-state index < -0.39 is 0 Å². The van der Waals surface area contributed by atoms with Gasteiger partial charge < -0.3 is 10.8 Å². The van der Waals surface area contributed by atoms with Crippen LogP contribution < -0.4 is 5.73 Å². The zero-order chi connectivity index (χ0) is 9.14. The molecule has 0 bridgehead atoms. The second-order valence-corrected chi connectivity index (χ2v) is 3.21. The standard InChI is InChI=1S/C10H15NO.ClH/c1-7-3-8(2)5-9(4-7)10(11)6-12;/h3-5,10,12H,6,11H2,1-2H3;1H/t10-;/m1./s1. The van der Waals surface area contributed by atoms with Crippen LogP contribution in [0.5, 0.6) is 0 Å². The van der Waals surface area contributed by atoms with E-state index in [2.05, 4.69) is 6.07 Å². The molecule has 0 radical (unpaired) electrons. The summed E-state index contributed by atoms with van der Waals surface area (Å²) < 4.78 is 0. The molecule has 3 N–H and O–H groups in total. The minimum absolute atomic E-state index is 0. The molecule has 0 unspecified atom stereocenters. The van der Waals surface area contributed by atoms with Crippen molar-refractivity contribution in [2.75, 3.05) is 6.61 Å². The fraction of sp³-hybridized carbons (Fsp3) is 0.400. The molecule has 1 rings (SSSR count). The molecular weight excluding hydrogens is 186 g/mol. The average Bonchev–Trinajstić information content (AvgIpc) is 2.01. The van der Waals surface area contributed by atoms with Crippen LogP contribution in [-0.4, -0.2) is 11.7 Å². The topological polar surface area (TPSA) is 46.2 Å². The first-order chi connectivity index (χ1) is 5.63. The normalized spacial score (nSPS) is 12.0. The summed E-state index contributed by atoms with van der Waals surface area (Å²) in [6.45, 7) is 4.06. The molecule has 13 heavy (non-hydrogen) atoms. The summed E-state index contributed by atoms with van der Waals surface area (Å²) in [5, 5.41) is 8.84. The number of hydrogen-bond donors (Lipinski definition) is 2. The number of halogens is 1. The molecule has 2 nitrogen and oxygen atoms in total. The molecular formula is C10H16ClNO. The van der Waals surface area contributed by atoms with E-state index in [4.69, 9.17) is 10.8 Å². The monoisotopic (exact) mass is 201 g/mol. The summed E-state index contributed by atoms with van der Waals surface area (Å²) >= 11 is 0. The van der Waals surface area contributed by atoms with Gasteiger partial charge in [0.15, 0.2) is 0 Å². The molecule has 0 amide bonds. The fourth-order valence-electron chi connectivity index (χ4n) is 1.33. The fourth-order valence-corrected chi connectivity index (χ4v) is 1.33. The lowest BCUT2D eigenvalue weighted by atomic mass is 10.0. The van der Waals surface area contributed by atoms with E-state index in [1.54, 1.807) is 0 Å². The van der Waals surface area contributed by atoms with Gasteiger partial charge in [-0.1, -0.05) is 29.3 Å². The zero-order valence-electron chi connectivity index (χ0n) is 7.95. The smallest absolute Gasteiger partial charge is 0.0624 e. The number of benzene rings is 1. The van der Waals surface area contributed by atoms with E-state index in [0.29, 0.717) is 0 Å². The van der Waals surface area contributed by atoms with Gasteiger partial charge in [-0.15, -0.1) is 12.4 Å². The maximum Gasteiger partial charge on any atom is 0.0624 e. The van der Waals surface area contributed by atoms with Gasteiger partial charge in [-0.3, -0.25) is 0 Å². The molecule has 0 fully saturated rings. The van der Waals surface area contributed by atoms with Crippen molar-refractivity contribution >= 4 is 12.4 Å². The molecule has 3 heteroatoms. The summed E-state index contributed by atoms with van der Waals surface area (Å²) in [6, 6.07) is 5.86. The quantitative estimate of drug-likeness (QED) is 0.766. The Kier molecular flexibility index (Phi) is 4.99. The summed E-state index contributed by atoms with van der Waals surface area (Å²) in [5.74, 6) is 0. The van der Waals surface area contributed by atoms with Crippen LogP contribution >= 0.6 is 12.4 Å². The molecule has 74 valence electrons. The van der Waals surface area contributed by atoms with Crippen LogP contribution in [0.4, 0.5) is 0 Å². The Hall–Kier alpha value is -0.570. The Morgan fingerprint density at radius 1 is 1.23 bits per heavy atom. The van der Waals surface area contributed by atoms with Crippen molar-refractivity contribution in [2.24, 2.45) is 5.73 Å². The van der Waals surface area contributed by atoms with E-state index >= 15 is 0 Å². The summed E-state index contributed by atoms with van der Waals surface area (Å²) in [6.07, 6.45) is 0. The average molecular weight is 202 g/mol. The van der Waals surface area contributed by atoms with Crippen molar-refractivity contribution in [3.8, 4) is 0 Å². The van der Waals surface area contributed by atoms with Gasteiger partial charge in [0, 0.05) is 0 Å². The van der Waals surface area contributed by atoms with Gasteiger partial charge in [0.25, 0.3) is 0 Å². The number of hydrogen-bond acceptors (Lipinski definition) is 2. The summed E-state index contributed by atoms with van der Waals surface area (Å²) in [5.41, 5.74) is 9.07. The van der Waals surface area contributed by atoms with E-state index in [0.717, 1.165) is 5.56 Å². The molecule has 0 aliphatic rings. The molecule has 0 aromatic heterocycles. The van der Waals surface area contributed by atoms with Crippen molar-refractivity contribution in [3.05, 3.63) is 34.9 Å². The second-order valence-electron chi connectivity index (χ2n) is 3.21. The van der Waals surface area contributed by atoms with Crippen LogP contribution in [0.1, 0.15) is 22.7 Å². The van der Waals surface area contributed by atoms with Crippen LogP contribution in [0.3, 0.4) is 0 Å². The third-order valence-electron chi connectivity index (χ3n) is 1.87. The zero-order valence-corrected chi connectivity index (χ0v) is 8.77. The lowest BCUT2D eigenvalue weighted by Gasteiger charge is -2.10. The third kappa shape index (κ3) is 3.35. The molecule has 0 spiro atoms. The van der Waals surface area contributed by atoms with E-state index in [9.17, 15) is 0 Å². The van der Waals surface area contributed by atoms with Crippen LogP contribution in [0.25, 0.3) is 0 Å². The third-order valence-corrected chi connectivity index (χ3v) is 1.87. The van der Waals surface area contributed by atoms with Gasteiger partial charge in [-0.05, 0) is 19.4 Å². The maximum absolute atomic E-state index is 8.84. The molecule has 0 saturated heterocycles. The predicted molar refractivity (Wildman–Crippen MR) is 57.2 cm³/mol. The Bertz CT molecular complexity index is 255. The van der Waals surface area contributed by atoms with Crippen LogP contribution in [0, 0.1) is 13.8 Å². The van der Waals surface area contributed by atoms with Crippen molar-refractivity contribution in [1.82, 2.24) is 0 Å². The second kappa shape index (κ2) is 5.22. The molecule has 0 heterocycles. The van der Waals surface area contributed by atoms with Gasteiger partial charge in [0.1, 0.15) is 0 Å². The molecule has 1 aromatic rings. The largest absolute Gasteiger partial charge is 0.394 e. The van der Waals surface area contributed by atoms with Crippen LogP contribution in [0.2, 0.25) is 0 Å². The lowest BCUT2D eigenvalue weighted by Crippen LogP contribution is -2.14. The Labute approximate surface area is 85.2 Å². The van der Waals surface area contributed by atoms with Gasteiger partial charge in [0.2, 0.25) is 0 Å². The van der Waals surface area contributed by atoms with Crippen molar-refractivity contribution < 1.29 is 5.11 Å². The highest BCUT2D eigenvalue weighted by Crippen LogP contribution is 2.14. The van der Waals surface area contributed by atoms with Gasteiger partial charge in [-0.25, -0.2) is 0 Å². The van der Waals surface area contributed by atoms with Gasteiger partial charge in [-0.2, -0.15) is 0 Å². The highest BCUT2D eigenvalue weighted by molar-refractivity contribution is 5.85. The minimum atomic E-state index is -0.247. The first kappa shape index (κ1) is 12.4. The lowest BCUT2D eigenvalue weighted by molar-refractivity contribution is 0.268. The first-order valence-corrected chi connectivity index (χ1v) is 4.08. The van der Waals surface area contributed by atoms with Gasteiger partial charge >= 0.3 is 0 Å². The van der Waals surface area contributed by atoms with E-state index in [1.807, 2.05) is 26.0 Å². The SMILES string of the molecule is Cc1cc(C)cc([C@H](N)CO)c1.Cl. The Morgan fingerprint density at radius 3 is 2.08 bits per heavy atom. The van der Waals surface area contributed by atoms with Crippen LogP contribution in [0.15, 0.2) is 18.2 Å². The highest BCUT2D eigenvalue weighted by atomic mass is 35.5. The number of rotatable bonds is 2. The number of aryl methyl sites for hydroxylation is 2. The van der Waals surface area contributed by atoms with Crippen LogP contribution in [-0.2, 0) is 0 Å².